The van der Waals surface area contributed by atoms with Crippen molar-refractivity contribution in [3.63, 3.8) is 0 Å². The molecule has 0 aliphatic carbocycles. The molecular weight excluding hydrogens is 295 g/mol. The molecule has 94 valence electrons. The number of hydrogen-bond acceptors (Lipinski definition) is 4. The molecule has 17 heavy (non-hydrogen) atoms. The van der Waals surface area contributed by atoms with Crippen LogP contribution in [0.25, 0.3) is 0 Å². The van der Waals surface area contributed by atoms with Crippen molar-refractivity contribution in [1.29, 1.82) is 0 Å². The van der Waals surface area contributed by atoms with E-state index in [1.807, 2.05) is 0 Å². The molecule has 0 bridgehead atoms. The first-order valence-electron chi connectivity index (χ1n) is 4.72. The Balaban J connectivity index is 3.44. The van der Waals surface area contributed by atoms with Crippen molar-refractivity contribution in [1.82, 2.24) is 0 Å². The highest BCUT2D eigenvalue weighted by Crippen LogP contribution is 2.37. The van der Waals surface area contributed by atoms with E-state index in [-0.39, 0.29) is 16.9 Å². The molecule has 0 spiro atoms. The van der Waals surface area contributed by atoms with Crippen LogP contribution >= 0.6 is 15.9 Å². The van der Waals surface area contributed by atoms with Crippen molar-refractivity contribution < 1.29 is 23.8 Å². The fraction of sp³-hybridized carbons (Fsp3) is 0.364. The summed E-state index contributed by atoms with van der Waals surface area (Å²) < 4.78 is 23.3. The summed E-state index contributed by atoms with van der Waals surface area (Å²) in [7, 11) is 2.51. The lowest BCUT2D eigenvalue weighted by Gasteiger charge is -2.17. The van der Waals surface area contributed by atoms with Gasteiger partial charge in [-0.3, -0.25) is 0 Å². The number of carbonyl (C=O) groups excluding carboxylic acids is 1. The molecule has 0 radical (unpaired) electrons. The predicted molar refractivity (Wildman–Crippen MR) is 62.4 cm³/mol. The maximum absolute atomic E-state index is 13.5. The van der Waals surface area contributed by atoms with Crippen LogP contribution in [0.1, 0.15) is 17.2 Å². The standard InChI is InChI=1S/C11H12BrFO4/c1-5-7(13)4-6(12)10(16-2)8(5)9(14)11(15)17-3/h4,9,14H,1-3H3. The molecule has 1 atom stereocenters. The minimum atomic E-state index is -1.58. The molecule has 0 saturated carbocycles. The van der Waals surface area contributed by atoms with Gasteiger partial charge in [0, 0.05) is 5.56 Å². The number of halogens is 2. The molecule has 1 unspecified atom stereocenters. The summed E-state index contributed by atoms with van der Waals surface area (Å²) in [5.74, 6) is -1.21. The van der Waals surface area contributed by atoms with Crippen molar-refractivity contribution in [2.45, 2.75) is 13.0 Å². The third kappa shape index (κ3) is 2.58. The molecule has 0 heterocycles. The molecule has 0 aliphatic heterocycles. The number of ether oxygens (including phenoxy) is 2. The maximum atomic E-state index is 13.5. The molecular formula is C11H12BrFO4. The van der Waals surface area contributed by atoms with Crippen LogP contribution in [-0.4, -0.2) is 25.3 Å². The van der Waals surface area contributed by atoms with Crippen LogP contribution in [0.4, 0.5) is 4.39 Å². The molecule has 1 aromatic rings. The first kappa shape index (κ1) is 13.9. The third-order valence-corrected chi connectivity index (χ3v) is 2.97. The number of aliphatic hydroxyl groups excluding tert-OH is 1. The lowest BCUT2D eigenvalue weighted by Crippen LogP contribution is -2.16. The van der Waals surface area contributed by atoms with Gasteiger partial charge in [0.05, 0.1) is 18.7 Å². The van der Waals surface area contributed by atoms with E-state index < -0.39 is 17.9 Å². The van der Waals surface area contributed by atoms with Crippen LogP contribution in [0.15, 0.2) is 10.5 Å². The molecule has 0 saturated heterocycles. The number of aliphatic hydroxyl groups is 1. The summed E-state index contributed by atoms with van der Waals surface area (Å²) in [6.45, 7) is 1.45. The quantitative estimate of drug-likeness (QED) is 0.869. The zero-order valence-electron chi connectivity index (χ0n) is 9.58. The van der Waals surface area contributed by atoms with E-state index in [1.54, 1.807) is 0 Å². The van der Waals surface area contributed by atoms with Gasteiger partial charge in [0.2, 0.25) is 0 Å². The zero-order chi connectivity index (χ0) is 13.2. The van der Waals surface area contributed by atoms with Crippen molar-refractivity contribution in [2.75, 3.05) is 14.2 Å². The lowest BCUT2D eigenvalue weighted by molar-refractivity contribution is -0.150. The highest BCUT2D eigenvalue weighted by molar-refractivity contribution is 9.10. The SMILES string of the molecule is COC(=O)C(O)c1c(C)c(F)cc(Br)c1OC. The zero-order valence-corrected chi connectivity index (χ0v) is 11.2. The smallest absolute Gasteiger partial charge is 0.339 e. The van der Waals surface area contributed by atoms with Crippen LogP contribution in [0.2, 0.25) is 0 Å². The third-order valence-electron chi connectivity index (χ3n) is 2.38. The van der Waals surface area contributed by atoms with Gasteiger partial charge in [-0.25, -0.2) is 9.18 Å². The number of benzene rings is 1. The van der Waals surface area contributed by atoms with Gasteiger partial charge in [-0.2, -0.15) is 0 Å². The van der Waals surface area contributed by atoms with Crippen LogP contribution in [0.3, 0.4) is 0 Å². The topological polar surface area (TPSA) is 55.8 Å². The normalized spacial score (nSPS) is 12.1. The van der Waals surface area contributed by atoms with Gasteiger partial charge in [-0.1, -0.05) is 0 Å². The van der Waals surface area contributed by atoms with Crippen molar-refractivity contribution >= 4 is 21.9 Å². The monoisotopic (exact) mass is 306 g/mol. The fourth-order valence-corrected chi connectivity index (χ4v) is 2.06. The van der Waals surface area contributed by atoms with E-state index in [0.717, 1.165) is 7.11 Å². The fourth-order valence-electron chi connectivity index (χ4n) is 1.48. The maximum Gasteiger partial charge on any atom is 0.339 e. The second kappa shape index (κ2) is 5.46. The Hall–Kier alpha value is -1.14. The Morgan fingerprint density at radius 2 is 2.12 bits per heavy atom. The van der Waals surface area contributed by atoms with Gasteiger partial charge in [-0.15, -0.1) is 0 Å². The van der Waals surface area contributed by atoms with Gasteiger partial charge in [0.1, 0.15) is 11.6 Å². The van der Waals surface area contributed by atoms with E-state index in [4.69, 9.17) is 4.74 Å². The van der Waals surface area contributed by atoms with Crippen molar-refractivity contribution in [2.24, 2.45) is 0 Å². The minimum Gasteiger partial charge on any atom is -0.495 e. The van der Waals surface area contributed by atoms with E-state index in [0.29, 0.717) is 4.47 Å². The second-order valence-electron chi connectivity index (χ2n) is 3.34. The summed E-state index contributed by atoms with van der Waals surface area (Å²) in [6.07, 6.45) is -1.58. The van der Waals surface area contributed by atoms with Crippen LogP contribution in [0, 0.1) is 12.7 Å². The Morgan fingerprint density at radius 3 is 2.59 bits per heavy atom. The Morgan fingerprint density at radius 1 is 1.53 bits per heavy atom. The van der Waals surface area contributed by atoms with E-state index in [1.165, 1.54) is 20.1 Å². The number of hydrogen-bond donors (Lipinski definition) is 1. The summed E-state index contributed by atoms with van der Waals surface area (Å²) in [6, 6.07) is 1.21. The molecule has 6 heteroatoms. The minimum absolute atomic E-state index is 0.0613. The van der Waals surface area contributed by atoms with E-state index >= 15 is 0 Å². The van der Waals surface area contributed by atoms with Crippen LogP contribution in [-0.2, 0) is 9.53 Å². The van der Waals surface area contributed by atoms with E-state index in [9.17, 15) is 14.3 Å². The first-order chi connectivity index (χ1) is 7.93. The molecule has 0 fully saturated rings. The lowest BCUT2D eigenvalue weighted by atomic mass is 10.0. The van der Waals surface area contributed by atoms with E-state index in [2.05, 4.69) is 20.7 Å². The molecule has 4 nitrogen and oxygen atoms in total. The summed E-state index contributed by atoms with van der Waals surface area (Å²) in [5, 5.41) is 9.79. The Labute approximate surface area is 106 Å². The molecule has 0 amide bonds. The predicted octanol–water partition coefficient (Wildman–Crippen LogP) is 2.11. The van der Waals surface area contributed by atoms with Crippen molar-refractivity contribution in [3.05, 3.63) is 27.5 Å². The molecule has 0 aliphatic rings. The molecule has 1 rings (SSSR count). The largest absolute Gasteiger partial charge is 0.495 e. The van der Waals surface area contributed by atoms with Crippen LogP contribution < -0.4 is 4.74 Å². The van der Waals surface area contributed by atoms with Crippen molar-refractivity contribution in [3.8, 4) is 5.75 Å². The summed E-state index contributed by atoms with van der Waals surface area (Å²) in [5.41, 5.74) is 0.203. The number of esters is 1. The van der Waals surface area contributed by atoms with Crippen LogP contribution in [0.5, 0.6) is 5.75 Å². The number of carbonyl (C=O) groups is 1. The summed E-state index contributed by atoms with van der Waals surface area (Å²) >= 11 is 3.10. The first-order valence-corrected chi connectivity index (χ1v) is 5.51. The number of rotatable bonds is 3. The molecule has 1 N–H and O–H groups in total. The second-order valence-corrected chi connectivity index (χ2v) is 4.19. The number of methoxy groups -OCH3 is 2. The Kier molecular flexibility index (Phi) is 4.47. The average molecular weight is 307 g/mol. The van der Waals surface area contributed by atoms with Gasteiger partial charge >= 0.3 is 5.97 Å². The van der Waals surface area contributed by atoms with Gasteiger partial charge < -0.3 is 14.6 Å². The molecule has 1 aromatic carbocycles. The highest BCUT2D eigenvalue weighted by Gasteiger charge is 2.27. The van der Waals surface area contributed by atoms with Gasteiger partial charge in [-0.05, 0) is 34.5 Å². The Bertz CT molecular complexity index is 448. The van der Waals surface area contributed by atoms with Gasteiger partial charge in [0.25, 0.3) is 0 Å². The molecule has 0 aromatic heterocycles. The van der Waals surface area contributed by atoms with Gasteiger partial charge in [0.15, 0.2) is 6.10 Å². The summed E-state index contributed by atoms with van der Waals surface area (Å²) in [4.78, 5) is 11.3. The average Bonchev–Trinajstić information content (AvgIpc) is 2.31. The highest BCUT2D eigenvalue weighted by atomic mass is 79.9.